The minimum Gasteiger partial charge on any atom is -0.266 e. The molecule has 1 fully saturated rings. The fraction of sp³-hybridized carbons (Fsp3) is 1.00. The van der Waals surface area contributed by atoms with Gasteiger partial charge in [0.1, 0.15) is 0 Å². The Bertz CT molecular complexity index is 379. The molecule has 1 rings (SSSR count). The number of sulfone groups is 1. The molecule has 5 nitrogen and oxygen atoms in total. The van der Waals surface area contributed by atoms with Gasteiger partial charge in [-0.1, -0.05) is 6.92 Å². The monoisotopic (exact) mass is 228 g/mol. The minimum atomic E-state index is -3.56. The van der Waals surface area contributed by atoms with Crippen molar-refractivity contribution in [2.45, 2.75) is 13.0 Å². The van der Waals surface area contributed by atoms with Gasteiger partial charge in [0.05, 0.1) is 23.9 Å². The zero-order chi connectivity index (χ0) is 10.3. The summed E-state index contributed by atoms with van der Waals surface area (Å²) >= 11 is 0. The van der Waals surface area contributed by atoms with Gasteiger partial charge in [-0.15, -0.1) is 0 Å². The second-order valence-electron chi connectivity index (χ2n) is 3.39. The predicted octanol–water partition coefficient (Wildman–Crippen LogP) is -0.604. The highest BCUT2D eigenvalue weighted by Gasteiger charge is 2.37. The Morgan fingerprint density at radius 1 is 1.31 bits per heavy atom. The van der Waals surface area contributed by atoms with Gasteiger partial charge < -0.3 is 0 Å². The normalized spacial score (nSPS) is 33.4. The summed E-state index contributed by atoms with van der Waals surface area (Å²) in [5.74, 6) is -0.436. The smallest absolute Gasteiger partial charge is 0.264 e. The Hall–Kier alpha value is -0.140. The molecule has 0 aromatic rings. The number of hydrogen-bond acceptors (Lipinski definition) is 5. The largest absolute Gasteiger partial charge is 0.266 e. The van der Waals surface area contributed by atoms with Gasteiger partial charge in [0, 0.05) is 0 Å². The molecule has 0 radical (unpaired) electrons. The Morgan fingerprint density at radius 3 is 2.15 bits per heavy atom. The second kappa shape index (κ2) is 3.21. The molecule has 7 heteroatoms. The Kier molecular flexibility index (Phi) is 2.70. The van der Waals surface area contributed by atoms with Gasteiger partial charge in [-0.05, 0) is 5.92 Å². The Labute approximate surface area is 78.1 Å². The third-order valence-electron chi connectivity index (χ3n) is 1.87. The molecule has 0 unspecified atom stereocenters. The predicted molar refractivity (Wildman–Crippen MR) is 47.5 cm³/mol. The van der Waals surface area contributed by atoms with Crippen molar-refractivity contribution in [3.8, 4) is 0 Å². The molecular formula is C6H12O5S2. The summed E-state index contributed by atoms with van der Waals surface area (Å²) in [7, 11) is -6.66. The summed E-state index contributed by atoms with van der Waals surface area (Å²) in [6, 6.07) is 0. The molecule has 0 aliphatic carbocycles. The van der Waals surface area contributed by atoms with E-state index < -0.39 is 26.1 Å². The summed E-state index contributed by atoms with van der Waals surface area (Å²) < 4.78 is 48.2. The Balaban J connectivity index is 2.76. The van der Waals surface area contributed by atoms with Crippen LogP contribution in [-0.2, 0) is 24.1 Å². The molecule has 1 heterocycles. The van der Waals surface area contributed by atoms with Crippen LogP contribution in [0.25, 0.3) is 0 Å². The molecule has 1 aliphatic heterocycles. The van der Waals surface area contributed by atoms with Crippen LogP contribution in [0.4, 0.5) is 0 Å². The molecule has 1 saturated heterocycles. The highest BCUT2D eigenvalue weighted by molar-refractivity contribution is 7.91. The lowest BCUT2D eigenvalue weighted by molar-refractivity contribution is 0.194. The zero-order valence-electron chi connectivity index (χ0n) is 7.43. The van der Waals surface area contributed by atoms with E-state index in [4.69, 9.17) is 0 Å². The van der Waals surface area contributed by atoms with Gasteiger partial charge in [0.15, 0.2) is 9.84 Å². The third-order valence-corrected chi connectivity index (χ3v) is 4.33. The minimum absolute atomic E-state index is 0.00713. The summed E-state index contributed by atoms with van der Waals surface area (Å²) in [6.45, 7) is 1.67. The fourth-order valence-electron chi connectivity index (χ4n) is 1.34. The van der Waals surface area contributed by atoms with Crippen molar-refractivity contribution < 1.29 is 21.0 Å². The molecule has 0 saturated carbocycles. The van der Waals surface area contributed by atoms with Crippen LogP contribution in [-0.4, -0.2) is 40.7 Å². The van der Waals surface area contributed by atoms with E-state index in [0.717, 1.165) is 6.26 Å². The van der Waals surface area contributed by atoms with Crippen LogP contribution in [0, 0.1) is 5.92 Å². The van der Waals surface area contributed by atoms with E-state index in [1.54, 1.807) is 6.92 Å². The lowest BCUT2D eigenvalue weighted by atomic mass is 10.1. The first kappa shape index (κ1) is 10.9. The summed E-state index contributed by atoms with van der Waals surface area (Å²) in [5.41, 5.74) is 0. The highest BCUT2D eigenvalue weighted by atomic mass is 32.2. The molecule has 1 aliphatic rings. The molecule has 78 valence electrons. The van der Waals surface area contributed by atoms with Crippen LogP contribution in [0.3, 0.4) is 0 Å². The van der Waals surface area contributed by atoms with Crippen molar-refractivity contribution in [3.05, 3.63) is 0 Å². The maximum Gasteiger partial charge on any atom is 0.264 e. The van der Waals surface area contributed by atoms with Crippen LogP contribution in [0.15, 0.2) is 0 Å². The first-order chi connectivity index (χ1) is 5.70. The molecular weight excluding hydrogens is 216 g/mol. The second-order valence-corrected chi connectivity index (χ2v) is 7.15. The number of rotatable bonds is 2. The van der Waals surface area contributed by atoms with Crippen molar-refractivity contribution in [1.82, 2.24) is 0 Å². The van der Waals surface area contributed by atoms with Crippen LogP contribution in [0.1, 0.15) is 6.92 Å². The summed E-state index contributed by atoms with van der Waals surface area (Å²) in [6.07, 6.45) is 0.213. The standard InChI is InChI=1S/C6H12O5S2/c1-5-3-13(9,10)4-6(5)11-12(2,7)8/h5-6H,3-4H2,1-2H3/t5-,6+/m0/s1. The quantitative estimate of drug-likeness (QED) is 0.589. The molecule has 0 spiro atoms. The lowest BCUT2D eigenvalue weighted by Crippen LogP contribution is -2.23. The average molecular weight is 228 g/mol. The molecule has 13 heavy (non-hydrogen) atoms. The van der Waals surface area contributed by atoms with E-state index in [1.807, 2.05) is 0 Å². The summed E-state index contributed by atoms with van der Waals surface area (Å²) in [4.78, 5) is 0. The van der Waals surface area contributed by atoms with E-state index in [-0.39, 0.29) is 17.4 Å². The van der Waals surface area contributed by atoms with E-state index in [0.29, 0.717) is 0 Å². The third kappa shape index (κ3) is 3.24. The molecule has 0 N–H and O–H groups in total. The van der Waals surface area contributed by atoms with E-state index in [1.165, 1.54) is 0 Å². The van der Waals surface area contributed by atoms with Crippen LogP contribution >= 0.6 is 0 Å². The van der Waals surface area contributed by atoms with Crippen molar-refractivity contribution >= 4 is 20.0 Å². The van der Waals surface area contributed by atoms with Gasteiger partial charge in [0.25, 0.3) is 10.1 Å². The Morgan fingerprint density at radius 2 is 1.85 bits per heavy atom. The highest BCUT2D eigenvalue weighted by Crippen LogP contribution is 2.22. The van der Waals surface area contributed by atoms with E-state index >= 15 is 0 Å². The maximum absolute atomic E-state index is 11.1. The SMILES string of the molecule is C[C@H]1CS(=O)(=O)C[C@H]1OS(C)(=O)=O. The topological polar surface area (TPSA) is 77.5 Å². The first-order valence-corrected chi connectivity index (χ1v) is 7.42. The van der Waals surface area contributed by atoms with Crippen LogP contribution < -0.4 is 0 Å². The first-order valence-electron chi connectivity index (χ1n) is 3.78. The van der Waals surface area contributed by atoms with Gasteiger partial charge in [0.2, 0.25) is 0 Å². The van der Waals surface area contributed by atoms with Crippen LogP contribution in [0.2, 0.25) is 0 Å². The van der Waals surface area contributed by atoms with Crippen molar-refractivity contribution in [2.24, 2.45) is 5.92 Å². The van der Waals surface area contributed by atoms with Gasteiger partial charge in [-0.25, -0.2) is 8.42 Å². The summed E-state index contributed by atoms with van der Waals surface area (Å²) in [5, 5.41) is 0. The maximum atomic E-state index is 11.1. The fourth-order valence-corrected chi connectivity index (χ4v) is 4.18. The van der Waals surface area contributed by atoms with E-state index in [9.17, 15) is 16.8 Å². The van der Waals surface area contributed by atoms with E-state index in [2.05, 4.69) is 4.18 Å². The zero-order valence-corrected chi connectivity index (χ0v) is 9.06. The molecule has 0 amide bonds. The molecule has 0 aromatic heterocycles. The number of hydrogen-bond donors (Lipinski definition) is 0. The van der Waals surface area contributed by atoms with Crippen molar-refractivity contribution in [1.29, 1.82) is 0 Å². The van der Waals surface area contributed by atoms with Crippen molar-refractivity contribution in [3.63, 3.8) is 0 Å². The van der Waals surface area contributed by atoms with Gasteiger partial charge in [-0.2, -0.15) is 8.42 Å². The van der Waals surface area contributed by atoms with Gasteiger partial charge >= 0.3 is 0 Å². The van der Waals surface area contributed by atoms with Crippen molar-refractivity contribution in [2.75, 3.05) is 17.8 Å². The average Bonchev–Trinajstić information content (AvgIpc) is 2.00. The molecule has 2 atom stereocenters. The molecule has 0 bridgehead atoms. The lowest BCUT2D eigenvalue weighted by Gasteiger charge is -2.11. The van der Waals surface area contributed by atoms with Gasteiger partial charge in [-0.3, -0.25) is 4.18 Å². The van der Waals surface area contributed by atoms with Crippen LogP contribution in [0.5, 0.6) is 0 Å². The molecule has 0 aromatic carbocycles.